The Morgan fingerprint density at radius 2 is 1.44 bits per heavy atom. The zero-order chi connectivity index (χ0) is 13.0. The molecule has 0 saturated heterocycles. The van der Waals surface area contributed by atoms with Gasteiger partial charge >= 0.3 is 0 Å². The van der Waals surface area contributed by atoms with Crippen LogP contribution in [0.3, 0.4) is 0 Å². The third kappa shape index (κ3) is 3.93. The molecule has 0 saturated carbocycles. The first-order chi connectivity index (χ1) is 7.06. The van der Waals surface area contributed by atoms with Gasteiger partial charge in [-0.3, -0.25) is 0 Å². The van der Waals surface area contributed by atoms with E-state index in [1.165, 1.54) is 12.8 Å². The molecule has 0 nitrogen and oxygen atoms in total. The van der Waals surface area contributed by atoms with Crippen molar-refractivity contribution in [2.45, 2.75) is 77.8 Å². The first kappa shape index (κ1) is 16.3. The van der Waals surface area contributed by atoms with Crippen LogP contribution in [-0.4, -0.2) is 6.69 Å². The summed E-state index contributed by atoms with van der Waals surface area (Å²) in [5.74, 6) is 3.40. The van der Waals surface area contributed by atoms with Gasteiger partial charge in [-0.2, -0.15) is 0 Å². The lowest BCUT2D eigenvalue weighted by atomic mass is 10.2. The summed E-state index contributed by atoms with van der Waals surface area (Å²) in [5, 5.41) is 0.537. The molecule has 0 amide bonds. The predicted octanol–water partition coefficient (Wildman–Crippen LogP) is 5.66. The van der Waals surface area contributed by atoms with Gasteiger partial charge in [0, 0.05) is 6.42 Å². The van der Waals surface area contributed by atoms with Crippen molar-refractivity contribution in [2.24, 2.45) is 0 Å². The third-order valence-corrected chi connectivity index (χ3v) is 15.4. The Morgan fingerprint density at radius 3 is 1.75 bits per heavy atom. The molecule has 0 heterocycles. The fourth-order valence-corrected chi connectivity index (χ4v) is 5.74. The molecule has 0 rings (SSSR count). The van der Waals surface area contributed by atoms with Crippen LogP contribution >= 0.6 is 15.3 Å². The Labute approximate surface area is 111 Å². The minimum atomic E-state index is -1.75. The summed E-state index contributed by atoms with van der Waals surface area (Å²) in [5.41, 5.74) is 3.62. The van der Waals surface area contributed by atoms with Gasteiger partial charge in [0.1, 0.15) is 0 Å². The van der Waals surface area contributed by atoms with Gasteiger partial charge in [0.05, 0.1) is 0 Å². The Kier molecular flexibility index (Phi) is 5.83. The summed E-state index contributed by atoms with van der Waals surface area (Å²) in [7, 11) is 0. The van der Waals surface area contributed by atoms with Gasteiger partial charge in [0.25, 0.3) is 0 Å². The summed E-state index contributed by atoms with van der Waals surface area (Å²) in [4.78, 5) is 0. The highest BCUT2D eigenvalue weighted by atomic mass is 79.9. The summed E-state index contributed by atoms with van der Waals surface area (Å²) < 4.78 is 0. The number of rotatable bonds is 2. The molecule has 0 unspecified atom stereocenters. The van der Waals surface area contributed by atoms with Crippen LogP contribution in [0.25, 0.3) is 0 Å². The summed E-state index contributed by atoms with van der Waals surface area (Å²) in [6.45, 7) is 14.3. The van der Waals surface area contributed by atoms with E-state index in [1.54, 1.807) is 0 Å². The standard InChI is InChI=1S/C14H27BrSi/c1-8-9-10-11-12-16(15,13(2,3)4)14(5,6)7/h8-10H2,1-7H3. The van der Waals surface area contributed by atoms with E-state index >= 15 is 0 Å². The highest BCUT2D eigenvalue weighted by Crippen LogP contribution is 2.54. The summed E-state index contributed by atoms with van der Waals surface area (Å²) >= 11 is 4.04. The van der Waals surface area contributed by atoms with E-state index in [9.17, 15) is 0 Å². The van der Waals surface area contributed by atoms with E-state index in [4.69, 9.17) is 0 Å². The van der Waals surface area contributed by atoms with Crippen LogP contribution in [0.5, 0.6) is 0 Å². The van der Waals surface area contributed by atoms with Crippen LogP contribution < -0.4 is 0 Å². The number of halogens is 1. The molecule has 0 bridgehead atoms. The second-order valence-electron chi connectivity index (χ2n) is 6.56. The Morgan fingerprint density at radius 1 is 1.00 bits per heavy atom. The second kappa shape index (κ2) is 5.73. The van der Waals surface area contributed by atoms with Gasteiger partial charge in [0.2, 0.25) is 6.69 Å². The van der Waals surface area contributed by atoms with E-state index < -0.39 is 6.69 Å². The van der Waals surface area contributed by atoms with Crippen molar-refractivity contribution < 1.29 is 0 Å². The minimum Gasteiger partial charge on any atom is -0.116 e. The van der Waals surface area contributed by atoms with Crippen LogP contribution in [0.2, 0.25) is 10.1 Å². The maximum Gasteiger partial charge on any atom is 0.219 e. The maximum atomic E-state index is 4.04. The Balaban J connectivity index is 5.03. The normalized spacial score (nSPS) is 13.2. The van der Waals surface area contributed by atoms with E-state index in [-0.39, 0.29) is 10.1 Å². The minimum absolute atomic E-state index is 0.268. The Hall–Kier alpha value is 0.257. The van der Waals surface area contributed by atoms with Gasteiger partial charge in [-0.15, -0.1) is 26.8 Å². The molecule has 0 aromatic heterocycles. The van der Waals surface area contributed by atoms with Crippen molar-refractivity contribution in [1.82, 2.24) is 0 Å². The lowest BCUT2D eigenvalue weighted by Crippen LogP contribution is -2.45. The molecule has 0 aliphatic carbocycles. The second-order valence-corrected chi connectivity index (χ2v) is 14.7. The zero-order valence-corrected chi connectivity index (χ0v) is 14.6. The summed E-state index contributed by atoms with van der Waals surface area (Å²) in [6.07, 6.45) is 3.50. The van der Waals surface area contributed by atoms with Gasteiger partial charge in [-0.05, 0) is 16.5 Å². The molecule has 0 N–H and O–H groups in total. The molecule has 0 radical (unpaired) electrons. The van der Waals surface area contributed by atoms with Gasteiger partial charge < -0.3 is 0 Å². The fourth-order valence-electron chi connectivity index (χ4n) is 1.95. The topological polar surface area (TPSA) is 0 Å². The van der Waals surface area contributed by atoms with Crippen molar-refractivity contribution in [3.8, 4) is 11.5 Å². The van der Waals surface area contributed by atoms with Crippen molar-refractivity contribution in [3.63, 3.8) is 0 Å². The van der Waals surface area contributed by atoms with E-state index in [1.807, 2.05) is 0 Å². The van der Waals surface area contributed by atoms with Crippen LogP contribution in [0, 0.1) is 11.5 Å². The first-order valence-corrected chi connectivity index (χ1v) is 10.5. The molecular formula is C14H27BrSi. The molecule has 0 atom stereocenters. The molecule has 0 aliphatic rings. The van der Waals surface area contributed by atoms with Crippen LogP contribution in [-0.2, 0) is 0 Å². The van der Waals surface area contributed by atoms with Crippen molar-refractivity contribution in [2.75, 3.05) is 0 Å². The quantitative estimate of drug-likeness (QED) is 0.267. The number of unbranched alkanes of at least 4 members (excludes halogenated alkanes) is 2. The molecule has 0 aliphatic heterocycles. The molecule has 2 heteroatoms. The predicted molar refractivity (Wildman–Crippen MR) is 81.4 cm³/mol. The van der Waals surface area contributed by atoms with Gasteiger partial charge in [-0.25, -0.2) is 0 Å². The summed E-state index contributed by atoms with van der Waals surface area (Å²) in [6, 6.07) is 0. The highest BCUT2D eigenvalue weighted by molar-refractivity contribution is 9.26. The van der Waals surface area contributed by atoms with Gasteiger partial charge in [-0.1, -0.05) is 54.9 Å². The monoisotopic (exact) mass is 302 g/mol. The SMILES string of the molecule is CCCCC#C[Si](Br)(C(C)(C)C)C(C)(C)C. The fraction of sp³-hybridized carbons (Fsp3) is 0.857. The highest BCUT2D eigenvalue weighted by Gasteiger charge is 2.50. The maximum absolute atomic E-state index is 4.04. The molecule has 0 fully saturated rings. The third-order valence-electron chi connectivity index (χ3n) is 2.98. The van der Waals surface area contributed by atoms with Crippen LogP contribution in [0.1, 0.15) is 67.7 Å². The van der Waals surface area contributed by atoms with Crippen molar-refractivity contribution in [1.29, 1.82) is 0 Å². The van der Waals surface area contributed by atoms with Gasteiger partial charge in [0.15, 0.2) is 0 Å². The molecule has 0 spiro atoms. The lowest BCUT2D eigenvalue weighted by molar-refractivity contribution is 0.649. The molecule has 0 aromatic carbocycles. The lowest BCUT2D eigenvalue weighted by Gasteiger charge is -2.43. The first-order valence-electron chi connectivity index (χ1n) is 6.25. The van der Waals surface area contributed by atoms with E-state index in [0.717, 1.165) is 6.42 Å². The molecule has 0 aromatic rings. The van der Waals surface area contributed by atoms with Crippen molar-refractivity contribution in [3.05, 3.63) is 0 Å². The van der Waals surface area contributed by atoms with E-state index in [0.29, 0.717) is 0 Å². The average molecular weight is 303 g/mol. The van der Waals surface area contributed by atoms with Crippen LogP contribution in [0.4, 0.5) is 0 Å². The number of hydrogen-bond donors (Lipinski definition) is 0. The largest absolute Gasteiger partial charge is 0.219 e. The zero-order valence-electron chi connectivity index (χ0n) is 12.0. The molecule has 16 heavy (non-hydrogen) atoms. The smallest absolute Gasteiger partial charge is 0.116 e. The van der Waals surface area contributed by atoms with Crippen molar-refractivity contribution >= 4 is 22.0 Å². The number of hydrogen-bond acceptors (Lipinski definition) is 0. The average Bonchev–Trinajstić information content (AvgIpc) is 2.08. The Bertz CT molecular complexity index is 256. The molecule has 94 valence electrons. The molecular weight excluding hydrogens is 276 g/mol. The van der Waals surface area contributed by atoms with E-state index in [2.05, 4.69) is 75.2 Å². The van der Waals surface area contributed by atoms with Crippen LogP contribution in [0.15, 0.2) is 0 Å².